The second kappa shape index (κ2) is 6.25. The molecule has 7 heteroatoms. The first-order valence-electron chi connectivity index (χ1n) is 7.12. The third-order valence-electron chi connectivity index (χ3n) is 4.17. The Morgan fingerprint density at radius 2 is 2.19 bits per heavy atom. The number of hydrogen-bond acceptors (Lipinski definition) is 5. The van der Waals surface area contributed by atoms with E-state index in [0.717, 1.165) is 42.9 Å². The van der Waals surface area contributed by atoms with Crippen molar-refractivity contribution in [1.82, 2.24) is 8.75 Å². The van der Waals surface area contributed by atoms with Crippen molar-refractivity contribution in [3.63, 3.8) is 0 Å². The van der Waals surface area contributed by atoms with Gasteiger partial charge in [-0.15, -0.1) is 0 Å². The van der Waals surface area contributed by atoms with E-state index in [2.05, 4.69) is 14.1 Å². The molecule has 3 rings (SSSR count). The Hall–Kier alpha value is -1.24. The number of anilines is 1. The van der Waals surface area contributed by atoms with Gasteiger partial charge in [-0.1, -0.05) is 24.4 Å². The molecule has 2 atom stereocenters. The Bertz CT molecular complexity index is 659. The van der Waals surface area contributed by atoms with Crippen molar-refractivity contribution in [2.45, 2.75) is 25.7 Å². The highest BCUT2D eigenvalue weighted by molar-refractivity contribution is 7.00. The summed E-state index contributed by atoms with van der Waals surface area (Å²) < 4.78 is 8.40. The molecular formula is C14H17ClN4OS. The van der Waals surface area contributed by atoms with Crippen molar-refractivity contribution in [2.24, 2.45) is 17.6 Å². The summed E-state index contributed by atoms with van der Waals surface area (Å²) in [6.45, 7) is 0.550. The zero-order chi connectivity index (χ0) is 14.8. The van der Waals surface area contributed by atoms with Crippen molar-refractivity contribution in [3.8, 4) is 0 Å². The fraction of sp³-hybridized carbons (Fsp3) is 0.500. The lowest BCUT2D eigenvalue weighted by atomic mass is 9.78. The minimum Gasteiger partial charge on any atom is -0.330 e. The van der Waals surface area contributed by atoms with Crippen LogP contribution in [0, 0.1) is 11.8 Å². The molecule has 0 saturated heterocycles. The number of carbonyl (C=O) groups excluding carboxylic acids is 1. The Morgan fingerprint density at radius 1 is 1.38 bits per heavy atom. The number of carbonyl (C=O) groups is 1. The zero-order valence-electron chi connectivity index (χ0n) is 11.5. The summed E-state index contributed by atoms with van der Waals surface area (Å²) in [6.07, 6.45) is 4.13. The summed E-state index contributed by atoms with van der Waals surface area (Å²) in [4.78, 5) is 12.6. The Kier molecular flexibility index (Phi) is 4.37. The monoisotopic (exact) mass is 324 g/mol. The Balaban J connectivity index is 1.85. The Labute approximate surface area is 132 Å². The van der Waals surface area contributed by atoms with Crippen LogP contribution in [0.1, 0.15) is 25.7 Å². The number of benzene rings is 1. The van der Waals surface area contributed by atoms with E-state index in [4.69, 9.17) is 17.3 Å². The first-order chi connectivity index (χ1) is 10.2. The minimum absolute atomic E-state index is 0.00690. The first kappa shape index (κ1) is 14.7. The molecule has 1 fully saturated rings. The number of nitrogens with one attached hydrogen (secondary N) is 1. The van der Waals surface area contributed by atoms with Crippen LogP contribution in [-0.2, 0) is 4.79 Å². The van der Waals surface area contributed by atoms with Gasteiger partial charge in [0.1, 0.15) is 11.0 Å². The number of rotatable bonds is 3. The third kappa shape index (κ3) is 2.88. The summed E-state index contributed by atoms with van der Waals surface area (Å²) >= 11 is 7.32. The van der Waals surface area contributed by atoms with E-state index in [-0.39, 0.29) is 17.7 Å². The molecule has 1 aromatic heterocycles. The second-order valence-electron chi connectivity index (χ2n) is 5.43. The van der Waals surface area contributed by atoms with Gasteiger partial charge in [0, 0.05) is 5.92 Å². The summed E-state index contributed by atoms with van der Waals surface area (Å²) in [5, 5.41) is 3.44. The topological polar surface area (TPSA) is 80.9 Å². The van der Waals surface area contributed by atoms with Crippen LogP contribution in [0.5, 0.6) is 0 Å². The molecule has 1 aliphatic rings. The molecule has 3 N–H and O–H groups in total. The summed E-state index contributed by atoms with van der Waals surface area (Å²) in [7, 11) is 0. The summed E-state index contributed by atoms with van der Waals surface area (Å²) in [5.74, 6) is 0.208. The molecule has 0 bridgehead atoms. The van der Waals surface area contributed by atoms with Crippen LogP contribution in [-0.4, -0.2) is 21.2 Å². The van der Waals surface area contributed by atoms with Crippen LogP contribution in [0.2, 0.25) is 5.02 Å². The molecule has 1 amide bonds. The van der Waals surface area contributed by atoms with Gasteiger partial charge in [0.25, 0.3) is 0 Å². The number of nitrogens with two attached hydrogens (primary N) is 1. The van der Waals surface area contributed by atoms with E-state index in [1.807, 2.05) is 0 Å². The molecule has 1 saturated carbocycles. The van der Waals surface area contributed by atoms with E-state index in [1.54, 1.807) is 12.1 Å². The second-order valence-corrected chi connectivity index (χ2v) is 6.37. The lowest BCUT2D eigenvalue weighted by Crippen LogP contribution is -2.35. The van der Waals surface area contributed by atoms with Crippen LogP contribution in [0.3, 0.4) is 0 Å². The molecule has 1 aliphatic carbocycles. The van der Waals surface area contributed by atoms with Crippen LogP contribution in [0.4, 0.5) is 5.69 Å². The maximum Gasteiger partial charge on any atom is 0.227 e. The number of nitrogens with zero attached hydrogens (tertiary/aromatic N) is 2. The van der Waals surface area contributed by atoms with Crippen LogP contribution in [0.25, 0.3) is 11.0 Å². The molecule has 112 valence electrons. The molecule has 1 aromatic carbocycles. The fourth-order valence-corrected chi connectivity index (χ4v) is 3.74. The highest BCUT2D eigenvalue weighted by Gasteiger charge is 2.30. The van der Waals surface area contributed by atoms with Crippen molar-refractivity contribution >= 4 is 46.0 Å². The van der Waals surface area contributed by atoms with E-state index < -0.39 is 0 Å². The highest BCUT2D eigenvalue weighted by Crippen LogP contribution is 2.33. The van der Waals surface area contributed by atoms with Gasteiger partial charge in [-0.2, -0.15) is 8.75 Å². The van der Waals surface area contributed by atoms with Crippen molar-refractivity contribution in [3.05, 3.63) is 17.2 Å². The predicted octanol–water partition coefficient (Wildman–Crippen LogP) is 3.05. The maximum absolute atomic E-state index is 12.6. The first-order valence-corrected chi connectivity index (χ1v) is 8.23. The smallest absolute Gasteiger partial charge is 0.227 e. The lowest BCUT2D eigenvalue weighted by Gasteiger charge is -2.29. The largest absolute Gasteiger partial charge is 0.330 e. The standard InChI is InChI=1S/C14H17ClN4OS/c15-10-5-6-11-13(19-21-18-11)12(10)17-14(20)9-4-2-1-3-8(9)7-16/h5-6,8-9H,1-4,7,16H2,(H,17,20). The minimum atomic E-state index is -0.0401. The van der Waals surface area contributed by atoms with E-state index >= 15 is 0 Å². The number of hydrogen-bond donors (Lipinski definition) is 2. The molecule has 0 spiro atoms. The van der Waals surface area contributed by atoms with Crippen molar-refractivity contribution < 1.29 is 4.79 Å². The van der Waals surface area contributed by atoms with E-state index in [9.17, 15) is 4.79 Å². The highest BCUT2D eigenvalue weighted by atomic mass is 35.5. The van der Waals surface area contributed by atoms with Gasteiger partial charge in [0.05, 0.1) is 22.4 Å². The SMILES string of the molecule is NCC1CCCCC1C(=O)Nc1c(Cl)ccc2nsnc12. The quantitative estimate of drug-likeness (QED) is 0.909. The molecule has 2 unspecified atom stereocenters. The van der Waals surface area contributed by atoms with E-state index in [0.29, 0.717) is 22.8 Å². The molecule has 21 heavy (non-hydrogen) atoms. The summed E-state index contributed by atoms with van der Waals surface area (Å²) in [6, 6.07) is 3.54. The lowest BCUT2D eigenvalue weighted by molar-refractivity contribution is -0.122. The third-order valence-corrected chi connectivity index (χ3v) is 5.03. The van der Waals surface area contributed by atoms with Crippen molar-refractivity contribution in [1.29, 1.82) is 0 Å². The zero-order valence-corrected chi connectivity index (χ0v) is 13.1. The number of aromatic nitrogens is 2. The molecule has 1 heterocycles. The van der Waals surface area contributed by atoms with Crippen LogP contribution in [0.15, 0.2) is 12.1 Å². The predicted molar refractivity (Wildman–Crippen MR) is 85.6 cm³/mol. The van der Waals surface area contributed by atoms with Gasteiger partial charge in [0.2, 0.25) is 5.91 Å². The number of halogens is 1. The van der Waals surface area contributed by atoms with Gasteiger partial charge in [-0.25, -0.2) is 0 Å². The van der Waals surface area contributed by atoms with Gasteiger partial charge in [-0.05, 0) is 37.4 Å². The molecule has 0 radical (unpaired) electrons. The average Bonchev–Trinajstić information content (AvgIpc) is 2.98. The van der Waals surface area contributed by atoms with Gasteiger partial charge < -0.3 is 11.1 Å². The van der Waals surface area contributed by atoms with Gasteiger partial charge >= 0.3 is 0 Å². The summed E-state index contributed by atoms with van der Waals surface area (Å²) in [5.41, 5.74) is 7.77. The van der Waals surface area contributed by atoms with E-state index in [1.165, 1.54) is 0 Å². The van der Waals surface area contributed by atoms with Gasteiger partial charge in [-0.3, -0.25) is 4.79 Å². The molecule has 5 nitrogen and oxygen atoms in total. The average molecular weight is 325 g/mol. The van der Waals surface area contributed by atoms with Crippen molar-refractivity contribution in [2.75, 3.05) is 11.9 Å². The van der Waals surface area contributed by atoms with Crippen LogP contribution < -0.4 is 11.1 Å². The number of amides is 1. The molecular weight excluding hydrogens is 308 g/mol. The fourth-order valence-electron chi connectivity index (χ4n) is 3.00. The number of fused-ring (bicyclic) bond motifs is 1. The molecule has 0 aliphatic heterocycles. The normalized spacial score (nSPS) is 22.4. The Morgan fingerprint density at radius 3 is 3.00 bits per heavy atom. The van der Waals surface area contributed by atoms with Gasteiger partial charge in [0.15, 0.2) is 0 Å². The maximum atomic E-state index is 12.6. The van der Waals surface area contributed by atoms with Crippen LogP contribution >= 0.6 is 23.3 Å². The molecule has 2 aromatic rings.